The van der Waals surface area contributed by atoms with Gasteiger partial charge in [-0.05, 0) is 25.1 Å². The molecular formula is C22H29N3O3. The van der Waals surface area contributed by atoms with E-state index in [-0.39, 0.29) is 11.8 Å². The molecule has 28 heavy (non-hydrogen) atoms. The lowest BCUT2D eigenvalue weighted by Crippen LogP contribution is -2.49. The molecule has 2 amide bonds. The van der Waals surface area contributed by atoms with Gasteiger partial charge in [0.15, 0.2) is 0 Å². The maximum atomic E-state index is 13.0. The molecule has 150 valence electrons. The number of nitrogens with zero attached hydrogens (tertiary/aromatic N) is 3. The predicted molar refractivity (Wildman–Crippen MR) is 108 cm³/mol. The number of hydrogen-bond acceptors (Lipinski definition) is 4. The van der Waals surface area contributed by atoms with Crippen LogP contribution >= 0.6 is 0 Å². The van der Waals surface area contributed by atoms with Gasteiger partial charge in [0.05, 0.1) is 11.8 Å². The molecule has 0 aliphatic carbocycles. The van der Waals surface area contributed by atoms with E-state index in [1.54, 1.807) is 17.9 Å². The summed E-state index contributed by atoms with van der Waals surface area (Å²) < 4.78 is 5.30. The van der Waals surface area contributed by atoms with Gasteiger partial charge in [0.1, 0.15) is 5.76 Å². The number of carbonyl (C=O) groups is 2. The van der Waals surface area contributed by atoms with Crippen LogP contribution in [-0.2, 0) is 11.3 Å². The summed E-state index contributed by atoms with van der Waals surface area (Å²) in [4.78, 5) is 31.7. The Morgan fingerprint density at radius 1 is 1.07 bits per heavy atom. The molecule has 1 aromatic heterocycles. The van der Waals surface area contributed by atoms with Gasteiger partial charge in [-0.2, -0.15) is 0 Å². The summed E-state index contributed by atoms with van der Waals surface area (Å²) in [5, 5.41) is 0. The Morgan fingerprint density at radius 3 is 2.39 bits per heavy atom. The molecule has 0 unspecified atom stereocenters. The van der Waals surface area contributed by atoms with Crippen molar-refractivity contribution < 1.29 is 14.0 Å². The first kappa shape index (κ1) is 20.1. The summed E-state index contributed by atoms with van der Waals surface area (Å²) >= 11 is 0. The molecular weight excluding hydrogens is 354 g/mol. The van der Waals surface area contributed by atoms with Gasteiger partial charge < -0.3 is 19.1 Å². The molecule has 2 aromatic rings. The van der Waals surface area contributed by atoms with Crippen LogP contribution in [0.1, 0.15) is 35.0 Å². The maximum absolute atomic E-state index is 13.0. The van der Waals surface area contributed by atoms with E-state index in [1.807, 2.05) is 35.2 Å². The summed E-state index contributed by atoms with van der Waals surface area (Å²) in [6.45, 7) is 9.18. The molecule has 1 fully saturated rings. The summed E-state index contributed by atoms with van der Waals surface area (Å²) in [7, 11) is 0. The monoisotopic (exact) mass is 383 g/mol. The van der Waals surface area contributed by atoms with E-state index in [2.05, 4.69) is 11.8 Å². The van der Waals surface area contributed by atoms with Crippen LogP contribution < -0.4 is 0 Å². The second-order valence-electron chi connectivity index (χ2n) is 7.17. The molecule has 0 saturated carbocycles. The van der Waals surface area contributed by atoms with Crippen LogP contribution in [0.15, 0.2) is 47.1 Å². The zero-order valence-electron chi connectivity index (χ0n) is 16.8. The zero-order chi connectivity index (χ0) is 19.9. The lowest BCUT2D eigenvalue weighted by molar-refractivity contribution is -0.133. The average Bonchev–Trinajstić information content (AvgIpc) is 3.17. The van der Waals surface area contributed by atoms with Gasteiger partial charge in [-0.1, -0.05) is 37.3 Å². The Labute approximate surface area is 166 Å². The van der Waals surface area contributed by atoms with Crippen molar-refractivity contribution in [2.45, 2.75) is 26.8 Å². The second kappa shape index (κ2) is 9.55. The SMILES string of the molecule is CCN1CCN(C(=O)CCN(Cc2ccccc2)C(=O)c2ccoc2C)CC1. The Morgan fingerprint density at radius 2 is 1.79 bits per heavy atom. The summed E-state index contributed by atoms with van der Waals surface area (Å²) in [6.07, 6.45) is 1.86. The highest BCUT2D eigenvalue weighted by Gasteiger charge is 2.24. The van der Waals surface area contributed by atoms with Gasteiger partial charge in [-0.25, -0.2) is 0 Å². The smallest absolute Gasteiger partial charge is 0.257 e. The Hall–Kier alpha value is -2.60. The average molecular weight is 383 g/mol. The molecule has 0 atom stereocenters. The molecule has 0 radical (unpaired) electrons. The molecule has 0 spiro atoms. The van der Waals surface area contributed by atoms with E-state index in [4.69, 9.17) is 4.42 Å². The highest BCUT2D eigenvalue weighted by atomic mass is 16.3. The number of benzene rings is 1. The van der Waals surface area contributed by atoms with E-state index < -0.39 is 0 Å². The van der Waals surface area contributed by atoms with Crippen molar-refractivity contribution in [3.63, 3.8) is 0 Å². The minimum absolute atomic E-state index is 0.0984. The van der Waals surface area contributed by atoms with Crippen LogP contribution in [0.4, 0.5) is 0 Å². The molecule has 6 heteroatoms. The van der Waals surface area contributed by atoms with E-state index in [1.165, 1.54) is 6.26 Å². The molecule has 1 saturated heterocycles. The molecule has 2 heterocycles. The lowest BCUT2D eigenvalue weighted by Gasteiger charge is -2.34. The van der Waals surface area contributed by atoms with Crippen LogP contribution in [-0.4, -0.2) is 65.8 Å². The van der Waals surface area contributed by atoms with Crippen LogP contribution in [0.25, 0.3) is 0 Å². The Bertz CT molecular complexity index is 779. The standard InChI is InChI=1S/C22H29N3O3/c1-3-23-12-14-24(15-13-23)21(26)9-11-25(17-19-7-5-4-6-8-19)22(27)20-10-16-28-18(20)2/h4-8,10,16H,3,9,11-15,17H2,1-2H3. The van der Waals surface area contributed by atoms with Crippen LogP contribution in [0, 0.1) is 6.92 Å². The summed E-state index contributed by atoms with van der Waals surface area (Å²) in [6, 6.07) is 11.6. The van der Waals surface area contributed by atoms with Crippen molar-refractivity contribution in [1.29, 1.82) is 0 Å². The molecule has 3 rings (SSSR count). The molecule has 1 aliphatic rings. The first-order chi connectivity index (χ1) is 13.6. The van der Waals surface area contributed by atoms with Crippen LogP contribution in [0.3, 0.4) is 0 Å². The van der Waals surface area contributed by atoms with E-state index in [9.17, 15) is 9.59 Å². The number of aryl methyl sites for hydroxylation is 1. The largest absolute Gasteiger partial charge is 0.469 e. The number of amides is 2. The minimum Gasteiger partial charge on any atom is -0.469 e. The third-order valence-electron chi connectivity index (χ3n) is 5.36. The molecule has 1 aromatic carbocycles. The van der Waals surface area contributed by atoms with Gasteiger partial charge >= 0.3 is 0 Å². The van der Waals surface area contributed by atoms with E-state index in [0.717, 1.165) is 38.3 Å². The van der Waals surface area contributed by atoms with Gasteiger partial charge in [-0.3, -0.25) is 9.59 Å². The third-order valence-corrected chi connectivity index (χ3v) is 5.36. The predicted octanol–water partition coefficient (Wildman–Crippen LogP) is 2.78. The van der Waals surface area contributed by atoms with Crippen LogP contribution in [0.2, 0.25) is 0 Å². The van der Waals surface area contributed by atoms with Crippen molar-refractivity contribution in [2.24, 2.45) is 0 Å². The number of furan rings is 1. The number of rotatable bonds is 7. The molecule has 6 nitrogen and oxygen atoms in total. The summed E-state index contributed by atoms with van der Waals surface area (Å²) in [5.74, 6) is 0.620. The topological polar surface area (TPSA) is 57.0 Å². The van der Waals surface area contributed by atoms with Gasteiger partial charge in [-0.15, -0.1) is 0 Å². The summed E-state index contributed by atoms with van der Waals surface area (Å²) in [5.41, 5.74) is 1.60. The normalized spacial score (nSPS) is 14.9. The number of piperazine rings is 1. The van der Waals surface area contributed by atoms with Gasteiger partial charge in [0, 0.05) is 45.7 Å². The number of likely N-dealkylation sites (N-methyl/N-ethyl adjacent to an activating group) is 1. The fraction of sp³-hybridized carbons (Fsp3) is 0.455. The van der Waals surface area contributed by atoms with E-state index in [0.29, 0.717) is 30.8 Å². The first-order valence-corrected chi connectivity index (χ1v) is 9.96. The number of carbonyl (C=O) groups excluding carboxylic acids is 2. The van der Waals surface area contributed by atoms with Gasteiger partial charge in [0.25, 0.3) is 5.91 Å². The highest BCUT2D eigenvalue weighted by Crippen LogP contribution is 2.16. The quantitative estimate of drug-likeness (QED) is 0.738. The highest BCUT2D eigenvalue weighted by molar-refractivity contribution is 5.95. The zero-order valence-corrected chi connectivity index (χ0v) is 16.8. The second-order valence-corrected chi connectivity index (χ2v) is 7.17. The lowest BCUT2D eigenvalue weighted by atomic mass is 10.1. The molecule has 0 N–H and O–H groups in total. The molecule has 1 aliphatic heterocycles. The Balaban J connectivity index is 1.64. The minimum atomic E-state index is -0.0984. The van der Waals surface area contributed by atoms with Crippen molar-refractivity contribution in [3.8, 4) is 0 Å². The van der Waals surface area contributed by atoms with Crippen molar-refractivity contribution in [1.82, 2.24) is 14.7 Å². The van der Waals surface area contributed by atoms with Crippen molar-refractivity contribution >= 4 is 11.8 Å². The van der Waals surface area contributed by atoms with E-state index >= 15 is 0 Å². The van der Waals surface area contributed by atoms with Crippen LogP contribution in [0.5, 0.6) is 0 Å². The maximum Gasteiger partial charge on any atom is 0.257 e. The fourth-order valence-corrected chi connectivity index (χ4v) is 3.54. The van der Waals surface area contributed by atoms with Gasteiger partial charge in [0.2, 0.25) is 5.91 Å². The Kier molecular flexibility index (Phi) is 6.87. The van der Waals surface area contributed by atoms with Crippen molar-refractivity contribution in [2.75, 3.05) is 39.3 Å². The fourth-order valence-electron chi connectivity index (χ4n) is 3.54. The first-order valence-electron chi connectivity index (χ1n) is 9.96. The molecule has 0 bridgehead atoms. The number of hydrogen-bond donors (Lipinski definition) is 0. The van der Waals surface area contributed by atoms with Crippen molar-refractivity contribution in [3.05, 3.63) is 59.5 Å². The third kappa shape index (κ3) is 5.01.